The number of anilines is 1. The Bertz CT molecular complexity index is 807. The van der Waals surface area contributed by atoms with E-state index >= 15 is 0 Å². The number of benzene rings is 1. The summed E-state index contributed by atoms with van der Waals surface area (Å²) in [6.45, 7) is 0. The monoisotopic (exact) mass is 327 g/mol. The molecule has 23 heavy (non-hydrogen) atoms. The molecule has 1 aliphatic heterocycles. The number of nitrogens with one attached hydrogen (secondary N) is 1. The third-order valence-corrected chi connectivity index (χ3v) is 5.52. The Morgan fingerprint density at radius 3 is 3.00 bits per heavy atom. The van der Waals surface area contributed by atoms with Gasteiger partial charge >= 0.3 is 0 Å². The average molecular weight is 327 g/mol. The van der Waals surface area contributed by atoms with Crippen molar-refractivity contribution < 1.29 is 14.3 Å². The maximum atomic E-state index is 12.6. The molecule has 2 atom stereocenters. The number of hydrogen-bond donors (Lipinski definition) is 1. The molecule has 0 radical (unpaired) electrons. The highest BCUT2D eigenvalue weighted by atomic mass is 32.1. The fourth-order valence-electron chi connectivity index (χ4n) is 3.38. The molecule has 2 unspecified atom stereocenters. The molecule has 1 aromatic heterocycles. The molecule has 1 aromatic carbocycles. The third-order valence-electron chi connectivity index (χ3n) is 4.62. The van der Waals surface area contributed by atoms with Crippen LogP contribution in [0, 0.1) is 5.92 Å². The van der Waals surface area contributed by atoms with Crippen molar-refractivity contribution in [3.63, 3.8) is 0 Å². The minimum atomic E-state index is -0.381. The van der Waals surface area contributed by atoms with Crippen LogP contribution in [0.25, 0.3) is 10.1 Å². The second-order valence-electron chi connectivity index (χ2n) is 6.09. The smallest absolute Gasteiger partial charge is 0.262 e. The zero-order valence-electron chi connectivity index (χ0n) is 12.6. The van der Waals surface area contributed by atoms with E-state index in [1.807, 2.05) is 29.6 Å². The molecule has 1 N–H and O–H groups in total. The summed E-state index contributed by atoms with van der Waals surface area (Å²) in [5.74, 6) is -0.613. The molecule has 1 saturated carbocycles. The third kappa shape index (κ3) is 2.65. The first kappa shape index (κ1) is 14.5. The summed E-state index contributed by atoms with van der Waals surface area (Å²) in [4.78, 5) is 25.0. The predicted octanol–water partition coefficient (Wildman–Crippen LogP) is 3.88. The molecule has 1 amide bonds. The van der Waals surface area contributed by atoms with Crippen molar-refractivity contribution in [2.45, 2.75) is 31.8 Å². The van der Waals surface area contributed by atoms with Crippen molar-refractivity contribution in [3.8, 4) is 0 Å². The van der Waals surface area contributed by atoms with Crippen molar-refractivity contribution in [1.29, 1.82) is 0 Å². The number of amides is 1. The van der Waals surface area contributed by atoms with Crippen LogP contribution in [0.4, 0.5) is 5.69 Å². The lowest BCUT2D eigenvalue weighted by Gasteiger charge is -2.33. The fraction of sp³-hybridized carbons (Fsp3) is 0.333. The van der Waals surface area contributed by atoms with Crippen LogP contribution < -0.4 is 5.32 Å². The van der Waals surface area contributed by atoms with E-state index in [1.54, 1.807) is 11.3 Å². The number of hydrogen-bond acceptors (Lipinski definition) is 4. The van der Waals surface area contributed by atoms with E-state index in [0.717, 1.165) is 31.1 Å². The van der Waals surface area contributed by atoms with Gasteiger partial charge in [0.25, 0.3) is 5.91 Å². The van der Waals surface area contributed by atoms with E-state index in [9.17, 15) is 9.59 Å². The van der Waals surface area contributed by atoms with Gasteiger partial charge in [0.15, 0.2) is 5.78 Å². The van der Waals surface area contributed by atoms with Gasteiger partial charge in [-0.2, -0.15) is 0 Å². The van der Waals surface area contributed by atoms with E-state index in [4.69, 9.17) is 4.74 Å². The first-order valence-corrected chi connectivity index (χ1v) is 8.79. The summed E-state index contributed by atoms with van der Waals surface area (Å²) >= 11 is 1.66. The first-order chi connectivity index (χ1) is 11.2. The Balaban J connectivity index is 1.54. The molecule has 4 rings (SSSR count). The molecule has 0 spiro atoms. The standard InChI is InChI=1S/C18H17NO3S/c20-17-13-3-1-2-4-15(13)22-10-14(17)18(21)19-12-5-6-16-11(9-12)7-8-23-16/h5-10,13,15H,1-4H2,(H,19,21). The maximum Gasteiger partial charge on any atom is 0.262 e. The minimum absolute atomic E-state index is 0.0463. The van der Waals surface area contributed by atoms with E-state index in [-0.39, 0.29) is 29.3 Å². The van der Waals surface area contributed by atoms with E-state index in [2.05, 4.69) is 5.32 Å². The van der Waals surface area contributed by atoms with Crippen molar-refractivity contribution in [1.82, 2.24) is 0 Å². The molecule has 1 aliphatic carbocycles. The van der Waals surface area contributed by atoms with Crippen molar-refractivity contribution in [3.05, 3.63) is 41.5 Å². The number of Topliss-reactive ketones (excluding diaryl/α,β-unsaturated/α-hetero) is 1. The highest BCUT2D eigenvalue weighted by Gasteiger charge is 2.39. The van der Waals surface area contributed by atoms with Crippen molar-refractivity contribution in [2.24, 2.45) is 5.92 Å². The number of fused-ring (bicyclic) bond motifs is 2. The molecule has 1 fully saturated rings. The van der Waals surface area contributed by atoms with Crippen molar-refractivity contribution >= 4 is 38.8 Å². The van der Waals surface area contributed by atoms with Gasteiger partial charge in [-0.25, -0.2) is 0 Å². The summed E-state index contributed by atoms with van der Waals surface area (Å²) in [6, 6.07) is 7.76. The van der Waals surface area contributed by atoms with Gasteiger partial charge in [0, 0.05) is 10.4 Å². The lowest BCUT2D eigenvalue weighted by molar-refractivity contribution is -0.129. The fourth-order valence-corrected chi connectivity index (χ4v) is 4.15. The summed E-state index contributed by atoms with van der Waals surface area (Å²) < 4.78 is 6.81. The molecule has 5 heteroatoms. The lowest BCUT2D eigenvalue weighted by Crippen LogP contribution is -2.39. The Hall–Kier alpha value is -2.14. The van der Waals surface area contributed by atoms with Crippen LogP contribution in [0.3, 0.4) is 0 Å². The number of ketones is 1. The van der Waals surface area contributed by atoms with Gasteiger partial charge in [0.1, 0.15) is 11.7 Å². The normalized spacial score (nSPS) is 23.8. The highest BCUT2D eigenvalue weighted by molar-refractivity contribution is 7.17. The van der Waals surface area contributed by atoms with Gasteiger partial charge in [-0.3, -0.25) is 9.59 Å². The summed E-state index contributed by atoms with van der Waals surface area (Å²) in [5, 5.41) is 5.91. The van der Waals surface area contributed by atoms with Gasteiger partial charge in [0.05, 0.1) is 12.2 Å². The maximum absolute atomic E-state index is 12.6. The number of carbonyl (C=O) groups excluding carboxylic acids is 2. The number of ether oxygens (including phenoxy) is 1. The molecule has 118 valence electrons. The number of thiophene rings is 1. The molecule has 2 heterocycles. The van der Waals surface area contributed by atoms with Crippen LogP contribution in [0.5, 0.6) is 0 Å². The van der Waals surface area contributed by atoms with E-state index in [0.29, 0.717) is 5.69 Å². The molecule has 2 aliphatic rings. The van der Waals surface area contributed by atoms with Gasteiger partial charge in [-0.05, 0) is 54.3 Å². The van der Waals surface area contributed by atoms with E-state index < -0.39 is 0 Å². The minimum Gasteiger partial charge on any atom is -0.496 e. The van der Waals surface area contributed by atoms with Crippen LogP contribution in [-0.2, 0) is 14.3 Å². The lowest BCUT2D eigenvalue weighted by atomic mass is 9.80. The molecular formula is C18H17NO3S. The SMILES string of the molecule is O=C(Nc1ccc2sccc2c1)C1=COC2CCCCC2C1=O. The number of rotatable bonds is 2. The molecule has 2 aromatic rings. The molecule has 0 saturated heterocycles. The Morgan fingerprint density at radius 2 is 2.09 bits per heavy atom. The summed E-state index contributed by atoms with van der Waals surface area (Å²) in [6.07, 6.45) is 5.14. The summed E-state index contributed by atoms with van der Waals surface area (Å²) in [7, 11) is 0. The average Bonchev–Trinajstić information content (AvgIpc) is 3.03. The van der Waals surface area contributed by atoms with Crippen LogP contribution in [0.15, 0.2) is 41.5 Å². The first-order valence-electron chi connectivity index (χ1n) is 7.91. The second-order valence-corrected chi connectivity index (χ2v) is 7.04. The van der Waals surface area contributed by atoms with Gasteiger partial charge < -0.3 is 10.1 Å². The second kappa shape index (κ2) is 5.81. The molecule has 0 bridgehead atoms. The Labute approximate surface area is 138 Å². The highest BCUT2D eigenvalue weighted by Crippen LogP contribution is 2.33. The quantitative estimate of drug-likeness (QED) is 0.852. The van der Waals surface area contributed by atoms with Crippen LogP contribution in [0.1, 0.15) is 25.7 Å². The zero-order chi connectivity index (χ0) is 15.8. The van der Waals surface area contributed by atoms with Gasteiger partial charge in [-0.1, -0.05) is 6.42 Å². The summed E-state index contributed by atoms with van der Waals surface area (Å²) in [5.41, 5.74) is 0.832. The van der Waals surface area contributed by atoms with Crippen molar-refractivity contribution in [2.75, 3.05) is 5.32 Å². The predicted molar refractivity (Wildman–Crippen MR) is 90.4 cm³/mol. The Morgan fingerprint density at radius 1 is 1.22 bits per heavy atom. The molecule has 4 nitrogen and oxygen atoms in total. The van der Waals surface area contributed by atoms with Gasteiger partial charge in [-0.15, -0.1) is 11.3 Å². The zero-order valence-corrected chi connectivity index (χ0v) is 13.4. The van der Waals surface area contributed by atoms with E-state index in [1.165, 1.54) is 11.0 Å². The Kier molecular flexibility index (Phi) is 3.65. The number of carbonyl (C=O) groups is 2. The van der Waals surface area contributed by atoms with Crippen LogP contribution in [-0.4, -0.2) is 17.8 Å². The molecular weight excluding hydrogens is 310 g/mol. The van der Waals surface area contributed by atoms with Gasteiger partial charge in [0.2, 0.25) is 0 Å². The topological polar surface area (TPSA) is 55.4 Å². The largest absolute Gasteiger partial charge is 0.496 e. The van der Waals surface area contributed by atoms with Crippen LogP contribution >= 0.6 is 11.3 Å². The van der Waals surface area contributed by atoms with Crippen LogP contribution in [0.2, 0.25) is 0 Å².